The molecule has 0 aromatic rings. The fraction of sp³-hybridized carbons (Fsp3) is 0.833. The Balaban J connectivity index is 5.86. The van der Waals surface area contributed by atoms with E-state index in [0.29, 0.717) is 0 Å². The van der Waals surface area contributed by atoms with Crippen molar-refractivity contribution in [2.45, 2.75) is 18.2 Å². The highest BCUT2D eigenvalue weighted by Gasteiger charge is 2.28. The third-order valence-corrected chi connectivity index (χ3v) is 0.871. The molecule has 0 aliphatic heterocycles. The van der Waals surface area contributed by atoms with Gasteiger partial charge < -0.3 is 25.5 Å². The number of hydrogen-bond donors (Lipinski definition) is 5. The maximum atomic E-state index is 11.2. The normalized spacial score (nSPS) is 37.2. The van der Waals surface area contributed by atoms with E-state index in [1.165, 1.54) is 0 Å². The summed E-state index contributed by atoms with van der Waals surface area (Å²) in [6, 6.07) is 0. The van der Waals surface area contributed by atoms with Crippen LogP contribution >= 0.6 is 0 Å². The Morgan fingerprint density at radius 3 is 2.25 bits per heavy atom. The highest BCUT2D eigenvalue weighted by Crippen LogP contribution is 2.00. The molecular weight excluding hydrogens is 168 g/mol. The molecule has 3 atom stereocenters. The molecule has 0 aliphatic rings. The molecule has 0 radical (unpaired) electrons. The number of Topliss-reactive ketones (excluding diaryl/α,β-unsaturated/α-hetero) is 1. The second-order valence-electron chi connectivity index (χ2n) is 1.60. The van der Waals surface area contributed by atoms with Gasteiger partial charge in [-0.2, -0.15) is 0 Å². The van der Waals surface area contributed by atoms with Crippen molar-refractivity contribution in [1.29, 1.82) is 0 Å². The summed E-state index contributed by atoms with van der Waals surface area (Å²) in [5.41, 5.74) is 0. The summed E-state index contributed by atoms with van der Waals surface area (Å²) in [5, 5.41) is 45.2. The summed E-state index contributed by atoms with van der Waals surface area (Å²) >= 11 is 0. The summed E-state index contributed by atoms with van der Waals surface area (Å²) in [6.45, 7) is -7.97. The molecule has 0 amide bonds. The van der Waals surface area contributed by atoms with Crippen LogP contribution in [-0.2, 0) is 4.79 Å². The highest BCUT2D eigenvalue weighted by atomic mass is 16.4. The van der Waals surface area contributed by atoms with Gasteiger partial charge in [0.05, 0.1) is 16.2 Å². The Morgan fingerprint density at radius 2 is 1.92 bits per heavy atom. The van der Waals surface area contributed by atoms with Gasteiger partial charge >= 0.3 is 0 Å². The Labute approximate surface area is 78.5 Å². The topological polar surface area (TPSA) is 118 Å². The van der Waals surface area contributed by atoms with Gasteiger partial charge in [-0.1, -0.05) is 0 Å². The molecule has 5 N–H and O–H groups in total. The van der Waals surface area contributed by atoms with Gasteiger partial charge in [-0.05, 0) is 0 Å². The van der Waals surface area contributed by atoms with Crippen LogP contribution in [0.4, 0.5) is 0 Å². The fourth-order valence-electron chi connectivity index (χ4n) is 0.326. The van der Waals surface area contributed by atoms with Gasteiger partial charge in [-0.3, -0.25) is 4.79 Å². The molecule has 0 unspecified atom stereocenters. The van der Waals surface area contributed by atoms with Crippen molar-refractivity contribution >= 4 is 5.78 Å². The first-order valence-corrected chi connectivity index (χ1v) is 2.57. The van der Waals surface area contributed by atoms with E-state index in [1.54, 1.807) is 0 Å². The van der Waals surface area contributed by atoms with E-state index in [1.807, 2.05) is 0 Å². The molecule has 0 bridgehead atoms. The number of carbonyl (C=O) groups is 1. The Hall–Kier alpha value is -0.530. The zero-order chi connectivity index (χ0) is 16.1. The molecule has 12 heavy (non-hydrogen) atoms. The lowest BCUT2D eigenvalue weighted by atomic mass is 10.1. The number of hydrogen-bond acceptors (Lipinski definition) is 6. The lowest BCUT2D eigenvalue weighted by Crippen LogP contribution is -2.44. The standard InChI is InChI=1S/C6H12O6/c7-1-3(9)5(11)6(12)4(10)2-8/h3,5-9,11-12H,1-2H2/t3-,5-,6-/m1/s1/i1D2,2D2,3D,5D,6D. The summed E-state index contributed by atoms with van der Waals surface area (Å²) in [4.78, 5) is 11.2. The van der Waals surface area contributed by atoms with E-state index >= 15 is 0 Å². The Kier molecular flexibility index (Phi) is 1.78. The van der Waals surface area contributed by atoms with Crippen LogP contribution in [0.5, 0.6) is 0 Å². The molecule has 0 fully saturated rings. The maximum Gasteiger partial charge on any atom is 0.189 e. The fourth-order valence-corrected chi connectivity index (χ4v) is 0.326. The zero-order valence-electron chi connectivity index (χ0n) is 12.6. The van der Waals surface area contributed by atoms with Gasteiger partial charge in [0, 0.05) is 0 Å². The molecule has 0 heterocycles. The monoisotopic (exact) mass is 187 g/mol. The van der Waals surface area contributed by atoms with Crippen molar-refractivity contribution in [3.8, 4) is 0 Å². The second-order valence-corrected chi connectivity index (χ2v) is 1.60. The molecular formula is C6H12O6. The first-order valence-electron chi connectivity index (χ1n) is 6.07. The van der Waals surface area contributed by atoms with Gasteiger partial charge in [0.25, 0.3) is 0 Å². The average Bonchev–Trinajstić information content (AvgIpc) is 2.12. The summed E-state index contributed by atoms with van der Waals surface area (Å²) in [5.74, 6) is -2.53. The smallest absolute Gasteiger partial charge is 0.189 e. The molecule has 0 saturated carbocycles. The van der Waals surface area contributed by atoms with E-state index < -0.39 is 37.1 Å². The van der Waals surface area contributed by atoms with Gasteiger partial charge in [0.2, 0.25) is 0 Å². The third-order valence-electron chi connectivity index (χ3n) is 0.871. The molecule has 0 aliphatic carbocycles. The molecule has 0 saturated heterocycles. The number of carbonyl (C=O) groups excluding carboxylic acids is 1. The van der Waals surface area contributed by atoms with Crippen LogP contribution in [0.1, 0.15) is 9.60 Å². The van der Waals surface area contributed by atoms with Gasteiger partial charge in [-0.25, -0.2) is 0 Å². The predicted octanol–water partition coefficient (Wildman–Crippen LogP) is -3.38. The lowest BCUT2D eigenvalue weighted by molar-refractivity contribution is -0.142. The van der Waals surface area contributed by atoms with E-state index in [-0.39, 0.29) is 0 Å². The van der Waals surface area contributed by atoms with Crippen molar-refractivity contribution in [2.24, 2.45) is 0 Å². The molecule has 6 heteroatoms. The second kappa shape index (κ2) is 5.18. The molecule has 0 spiro atoms. The first kappa shape index (κ1) is 4.12. The lowest BCUT2D eigenvalue weighted by Gasteiger charge is -2.19. The van der Waals surface area contributed by atoms with Crippen LogP contribution < -0.4 is 0 Å². The van der Waals surface area contributed by atoms with Crippen molar-refractivity contribution < 1.29 is 39.9 Å². The van der Waals surface area contributed by atoms with Crippen LogP contribution in [0.2, 0.25) is 0 Å². The number of aliphatic hydroxyl groups is 5. The van der Waals surface area contributed by atoms with Crippen LogP contribution in [0.15, 0.2) is 0 Å². The molecule has 0 rings (SSSR count). The summed E-state index contributed by atoms with van der Waals surface area (Å²) in [7, 11) is 0. The van der Waals surface area contributed by atoms with Crippen LogP contribution in [0.3, 0.4) is 0 Å². The van der Waals surface area contributed by atoms with E-state index in [9.17, 15) is 20.1 Å². The van der Waals surface area contributed by atoms with Crippen LogP contribution in [0.25, 0.3) is 0 Å². The van der Waals surface area contributed by atoms with Crippen molar-refractivity contribution in [3.05, 3.63) is 0 Å². The SMILES string of the molecule is [2H]C([2H])(O)C(=O)[C@@]([2H])(O)[C@]([2H])(O)[C@]([2H])(O)C([2H])([2H])O. The van der Waals surface area contributed by atoms with Gasteiger partial charge in [0.1, 0.15) is 24.8 Å². The van der Waals surface area contributed by atoms with Crippen molar-refractivity contribution in [3.63, 3.8) is 0 Å². The van der Waals surface area contributed by atoms with E-state index in [0.717, 1.165) is 0 Å². The maximum absolute atomic E-state index is 11.2. The Bertz CT molecular complexity index is 367. The van der Waals surface area contributed by atoms with E-state index in [2.05, 4.69) is 0 Å². The molecule has 6 nitrogen and oxygen atoms in total. The van der Waals surface area contributed by atoms with Crippen LogP contribution in [-0.4, -0.2) is 62.7 Å². The van der Waals surface area contributed by atoms with Gasteiger partial charge in [0.15, 0.2) is 5.78 Å². The van der Waals surface area contributed by atoms with Crippen molar-refractivity contribution in [1.82, 2.24) is 0 Å². The molecule has 72 valence electrons. The summed E-state index contributed by atoms with van der Waals surface area (Å²) in [6.07, 6.45) is -13.1. The van der Waals surface area contributed by atoms with Gasteiger partial charge in [-0.15, -0.1) is 0 Å². The minimum atomic E-state index is -4.43. The number of ketones is 1. The highest BCUT2D eigenvalue weighted by molar-refractivity contribution is 5.84. The van der Waals surface area contributed by atoms with E-state index in [4.69, 9.17) is 19.8 Å². The zero-order valence-corrected chi connectivity index (χ0v) is 5.64. The van der Waals surface area contributed by atoms with Crippen molar-refractivity contribution in [2.75, 3.05) is 13.1 Å². The summed E-state index contributed by atoms with van der Waals surface area (Å²) < 4.78 is 47.1. The number of rotatable bonds is 5. The predicted molar refractivity (Wildman–Crippen MR) is 37.2 cm³/mol. The average molecular weight is 187 g/mol. The minimum Gasteiger partial charge on any atom is -0.394 e. The quantitative estimate of drug-likeness (QED) is 0.306. The third kappa shape index (κ3) is 2.84. The molecule has 0 aromatic carbocycles. The van der Waals surface area contributed by atoms with Crippen LogP contribution in [0, 0.1) is 0 Å². The molecule has 0 aromatic heterocycles. The minimum absolute atomic E-state index is 2.53. The Morgan fingerprint density at radius 1 is 1.42 bits per heavy atom. The largest absolute Gasteiger partial charge is 0.394 e. The first-order chi connectivity index (χ1) is 7.90.